The Balaban J connectivity index is 2.03. The Labute approximate surface area is 121 Å². The third-order valence-corrected chi connectivity index (χ3v) is 3.34. The second kappa shape index (κ2) is 6.23. The maximum absolute atomic E-state index is 8.79. The second-order valence-corrected chi connectivity index (χ2v) is 4.95. The van der Waals surface area contributed by atoms with Gasteiger partial charge in [-0.05, 0) is 24.6 Å². The number of aliphatic hydroxyl groups excluding tert-OH is 1. The molecule has 0 saturated carbocycles. The number of aromatic nitrogens is 3. The van der Waals surface area contributed by atoms with E-state index in [9.17, 15) is 0 Å². The molecule has 0 aliphatic rings. The monoisotopic (exact) mass is 300 g/mol. The van der Waals surface area contributed by atoms with Gasteiger partial charge in [-0.1, -0.05) is 28.4 Å². The van der Waals surface area contributed by atoms with Crippen LogP contribution in [-0.2, 0) is 13.1 Å². The summed E-state index contributed by atoms with van der Waals surface area (Å²) in [6.45, 7) is 2.86. The standard InChI is InChI=1S/C12H14Cl2N4O/c1-8-4-11(14)12(5-10(8)13)15-6-9-7-18(2-3-19)17-16-9/h4-5,7,15,19H,2-3,6H2,1H3. The maximum Gasteiger partial charge on any atom is 0.102 e. The van der Waals surface area contributed by atoms with Gasteiger partial charge in [0.25, 0.3) is 0 Å². The van der Waals surface area contributed by atoms with Crippen molar-refractivity contribution in [2.45, 2.75) is 20.0 Å². The summed E-state index contributed by atoms with van der Waals surface area (Å²) in [5, 5.41) is 21.1. The summed E-state index contributed by atoms with van der Waals surface area (Å²) in [6, 6.07) is 3.60. The minimum absolute atomic E-state index is 0.0373. The van der Waals surface area contributed by atoms with Gasteiger partial charge in [0, 0.05) is 5.02 Å². The van der Waals surface area contributed by atoms with Gasteiger partial charge in [-0.25, -0.2) is 4.68 Å². The summed E-state index contributed by atoms with van der Waals surface area (Å²) in [6.07, 6.45) is 1.77. The van der Waals surface area contributed by atoms with Crippen LogP contribution in [0.3, 0.4) is 0 Å². The van der Waals surface area contributed by atoms with E-state index < -0.39 is 0 Å². The predicted octanol–water partition coefficient (Wildman–Crippen LogP) is 2.50. The fourth-order valence-corrected chi connectivity index (χ4v) is 2.05. The van der Waals surface area contributed by atoms with Crippen LogP contribution in [0.2, 0.25) is 10.0 Å². The first-order valence-corrected chi connectivity index (χ1v) is 6.55. The highest BCUT2D eigenvalue weighted by atomic mass is 35.5. The highest BCUT2D eigenvalue weighted by Gasteiger charge is 2.06. The number of halogens is 2. The van der Waals surface area contributed by atoms with E-state index in [1.165, 1.54) is 0 Å². The molecule has 1 aromatic carbocycles. The van der Waals surface area contributed by atoms with Crippen LogP contribution in [0.4, 0.5) is 5.69 Å². The molecule has 2 aromatic rings. The minimum Gasteiger partial charge on any atom is -0.394 e. The van der Waals surface area contributed by atoms with Crippen molar-refractivity contribution in [3.8, 4) is 0 Å². The van der Waals surface area contributed by atoms with E-state index in [1.54, 1.807) is 16.9 Å². The van der Waals surface area contributed by atoms with E-state index in [0.717, 1.165) is 16.9 Å². The quantitative estimate of drug-likeness (QED) is 0.890. The number of aliphatic hydroxyl groups is 1. The largest absolute Gasteiger partial charge is 0.394 e. The number of rotatable bonds is 5. The molecular formula is C12H14Cl2N4O. The summed E-state index contributed by atoms with van der Waals surface area (Å²) in [4.78, 5) is 0. The van der Waals surface area contributed by atoms with Crippen molar-refractivity contribution >= 4 is 28.9 Å². The highest BCUT2D eigenvalue weighted by Crippen LogP contribution is 2.28. The third-order valence-electron chi connectivity index (χ3n) is 2.62. The van der Waals surface area contributed by atoms with Crippen molar-refractivity contribution in [3.63, 3.8) is 0 Å². The summed E-state index contributed by atoms with van der Waals surface area (Å²) in [5.74, 6) is 0. The normalized spacial score (nSPS) is 10.7. The molecule has 0 saturated heterocycles. The lowest BCUT2D eigenvalue weighted by Crippen LogP contribution is -2.02. The molecule has 5 nitrogen and oxygen atoms in total. The molecule has 0 bridgehead atoms. The number of aryl methyl sites for hydroxylation is 1. The molecule has 0 radical (unpaired) electrons. The number of hydrogen-bond acceptors (Lipinski definition) is 4. The zero-order valence-corrected chi connectivity index (χ0v) is 11.9. The molecular weight excluding hydrogens is 287 g/mol. The van der Waals surface area contributed by atoms with Gasteiger partial charge in [-0.2, -0.15) is 0 Å². The fraction of sp³-hybridized carbons (Fsp3) is 0.333. The molecule has 102 valence electrons. The van der Waals surface area contributed by atoms with Crippen LogP contribution >= 0.6 is 23.2 Å². The van der Waals surface area contributed by atoms with Gasteiger partial charge >= 0.3 is 0 Å². The Morgan fingerprint density at radius 1 is 1.32 bits per heavy atom. The van der Waals surface area contributed by atoms with Gasteiger partial charge < -0.3 is 10.4 Å². The van der Waals surface area contributed by atoms with Crippen molar-refractivity contribution < 1.29 is 5.11 Å². The van der Waals surface area contributed by atoms with Crippen molar-refractivity contribution in [2.75, 3.05) is 11.9 Å². The second-order valence-electron chi connectivity index (χ2n) is 4.13. The molecule has 0 aliphatic heterocycles. The van der Waals surface area contributed by atoms with Crippen molar-refractivity contribution in [2.24, 2.45) is 0 Å². The van der Waals surface area contributed by atoms with E-state index >= 15 is 0 Å². The number of benzene rings is 1. The van der Waals surface area contributed by atoms with Crippen LogP contribution in [0.15, 0.2) is 18.3 Å². The molecule has 0 spiro atoms. The maximum atomic E-state index is 8.79. The zero-order chi connectivity index (χ0) is 13.8. The van der Waals surface area contributed by atoms with E-state index in [4.69, 9.17) is 28.3 Å². The lowest BCUT2D eigenvalue weighted by Gasteiger charge is -2.08. The molecule has 2 N–H and O–H groups in total. The average Bonchev–Trinajstić information content (AvgIpc) is 2.80. The van der Waals surface area contributed by atoms with E-state index in [1.807, 2.05) is 13.0 Å². The predicted molar refractivity (Wildman–Crippen MR) is 75.6 cm³/mol. The molecule has 19 heavy (non-hydrogen) atoms. The van der Waals surface area contributed by atoms with Crippen molar-refractivity contribution in [1.82, 2.24) is 15.0 Å². The van der Waals surface area contributed by atoms with Gasteiger partial charge in [-0.3, -0.25) is 0 Å². The topological polar surface area (TPSA) is 63.0 Å². The zero-order valence-electron chi connectivity index (χ0n) is 10.4. The Morgan fingerprint density at radius 2 is 2.11 bits per heavy atom. The summed E-state index contributed by atoms with van der Waals surface area (Å²) >= 11 is 12.2. The summed E-state index contributed by atoms with van der Waals surface area (Å²) in [5.41, 5.74) is 2.46. The lowest BCUT2D eigenvalue weighted by molar-refractivity contribution is 0.268. The van der Waals surface area contributed by atoms with Gasteiger partial charge in [-0.15, -0.1) is 5.10 Å². The SMILES string of the molecule is Cc1cc(Cl)c(NCc2cn(CCO)nn2)cc1Cl. The smallest absolute Gasteiger partial charge is 0.102 e. The Bertz CT molecular complexity index is 571. The summed E-state index contributed by atoms with van der Waals surface area (Å²) in [7, 11) is 0. The Hall–Kier alpha value is -1.30. The molecule has 0 aliphatic carbocycles. The van der Waals surface area contributed by atoms with Crippen LogP contribution in [0, 0.1) is 6.92 Å². The number of nitrogens with zero attached hydrogens (tertiary/aromatic N) is 3. The van der Waals surface area contributed by atoms with E-state index in [2.05, 4.69) is 15.6 Å². The minimum atomic E-state index is 0.0373. The molecule has 1 heterocycles. The molecule has 0 unspecified atom stereocenters. The van der Waals surface area contributed by atoms with Crippen molar-refractivity contribution in [1.29, 1.82) is 0 Å². The van der Waals surface area contributed by atoms with Gasteiger partial charge in [0.05, 0.1) is 36.6 Å². The van der Waals surface area contributed by atoms with Crippen LogP contribution in [-0.4, -0.2) is 26.7 Å². The van der Waals surface area contributed by atoms with Crippen LogP contribution in [0.5, 0.6) is 0 Å². The number of anilines is 1. The molecule has 7 heteroatoms. The molecule has 1 aromatic heterocycles. The van der Waals surface area contributed by atoms with Gasteiger partial charge in [0.1, 0.15) is 5.69 Å². The molecule has 0 amide bonds. The summed E-state index contributed by atoms with van der Waals surface area (Å²) < 4.78 is 1.58. The van der Waals surface area contributed by atoms with E-state index in [-0.39, 0.29) is 6.61 Å². The first-order valence-electron chi connectivity index (χ1n) is 5.79. The van der Waals surface area contributed by atoms with Crippen LogP contribution in [0.1, 0.15) is 11.3 Å². The first-order chi connectivity index (χ1) is 9.10. The lowest BCUT2D eigenvalue weighted by atomic mass is 10.2. The third kappa shape index (κ3) is 3.59. The van der Waals surface area contributed by atoms with E-state index in [0.29, 0.717) is 23.1 Å². The first kappa shape index (κ1) is 14.1. The molecule has 0 fully saturated rings. The van der Waals surface area contributed by atoms with Gasteiger partial charge in [0.2, 0.25) is 0 Å². The Kier molecular flexibility index (Phi) is 4.63. The Morgan fingerprint density at radius 3 is 2.84 bits per heavy atom. The van der Waals surface area contributed by atoms with Crippen molar-refractivity contribution in [3.05, 3.63) is 39.6 Å². The number of hydrogen-bond donors (Lipinski definition) is 2. The fourth-order valence-electron chi connectivity index (χ4n) is 1.60. The van der Waals surface area contributed by atoms with Gasteiger partial charge in [0.15, 0.2) is 0 Å². The number of nitrogens with one attached hydrogen (secondary N) is 1. The molecule has 0 atom stereocenters. The van der Waals surface area contributed by atoms with Crippen LogP contribution < -0.4 is 5.32 Å². The van der Waals surface area contributed by atoms with Crippen LogP contribution in [0.25, 0.3) is 0 Å². The average molecular weight is 301 g/mol. The molecule has 2 rings (SSSR count). The highest BCUT2D eigenvalue weighted by molar-refractivity contribution is 6.35.